The SMILES string of the molecule is NC(=O)/C(=N/Nc1cc(Cl)ccc1Cl)c1nc2ccccc2s1. The van der Waals surface area contributed by atoms with Crippen LogP contribution in [0.2, 0.25) is 10.0 Å². The lowest BCUT2D eigenvalue weighted by molar-refractivity contribution is -0.111. The first-order valence-electron chi connectivity index (χ1n) is 6.49. The Hall–Kier alpha value is -2.15. The molecule has 0 aliphatic heterocycles. The standard InChI is InChI=1S/C15H10Cl2N4OS/c16-8-5-6-9(17)11(7-8)20-21-13(14(18)22)15-19-10-3-1-2-4-12(10)23-15/h1-7,20H,(H2,18,22)/b21-13-. The summed E-state index contributed by atoms with van der Waals surface area (Å²) in [6.45, 7) is 0. The Balaban J connectivity index is 1.98. The molecule has 3 rings (SSSR count). The van der Waals surface area contributed by atoms with Crippen molar-refractivity contribution in [3.8, 4) is 0 Å². The second kappa shape index (κ2) is 6.54. The normalized spacial score (nSPS) is 11.7. The molecule has 2 aromatic carbocycles. The number of amides is 1. The van der Waals surface area contributed by atoms with E-state index >= 15 is 0 Å². The third-order valence-electron chi connectivity index (χ3n) is 2.95. The van der Waals surface area contributed by atoms with Crippen LogP contribution < -0.4 is 11.2 Å². The van der Waals surface area contributed by atoms with Gasteiger partial charge in [-0.2, -0.15) is 5.10 Å². The Kier molecular flexibility index (Phi) is 4.47. The first-order chi connectivity index (χ1) is 11.0. The molecule has 1 aromatic heterocycles. The van der Waals surface area contributed by atoms with Crippen molar-refractivity contribution in [2.75, 3.05) is 5.43 Å². The van der Waals surface area contributed by atoms with Crippen LogP contribution in [0.4, 0.5) is 5.69 Å². The van der Waals surface area contributed by atoms with Crippen LogP contribution in [0.5, 0.6) is 0 Å². The highest BCUT2D eigenvalue weighted by atomic mass is 35.5. The van der Waals surface area contributed by atoms with Crippen molar-refractivity contribution in [1.29, 1.82) is 0 Å². The summed E-state index contributed by atoms with van der Waals surface area (Å²) in [5, 5.41) is 5.41. The smallest absolute Gasteiger partial charge is 0.272 e. The molecule has 0 bridgehead atoms. The highest BCUT2D eigenvalue weighted by Crippen LogP contribution is 2.26. The fourth-order valence-electron chi connectivity index (χ4n) is 1.88. The molecule has 0 spiro atoms. The maximum Gasteiger partial charge on any atom is 0.272 e. The van der Waals surface area contributed by atoms with E-state index in [1.165, 1.54) is 11.3 Å². The van der Waals surface area contributed by atoms with Crippen LogP contribution in [0.3, 0.4) is 0 Å². The number of hydrazone groups is 1. The molecule has 3 N–H and O–H groups in total. The van der Waals surface area contributed by atoms with Crippen LogP contribution >= 0.6 is 34.5 Å². The van der Waals surface area contributed by atoms with E-state index in [1.54, 1.807) is 18.2 Å². The molecule has 0 saturated carbocycles. The van der Waals surface area contributed by atoms with Crippen molar-refractivity contribution in [1.82, 2.24) is 4.98 Å². The maximum atomic E-state index is 11.7. The number of carbonyl (C=O) groups is 1. The van der Waals surface area contributed by atoms with Gasteiger partial charge >= 0.3 is 0 Å². The van der Waals surface area contributed by atoms with E-state index in [0.717, 1.165) is 10.2 Å². The topological polar surface area (TPSA) is 80.4 Å². The molecule has 3 aromatic rings. The van der Waals surface area contributed by atoms with Crippen LogP contribution in [-0.2, 0) is 4.79 Å². The Morgan fingerprint density at radius 1 is 1.22 bits per heavy atom. The number of primary amides is 1. The van der Waals surface area contributed by atoms with E-state index in [4.69, 9.17) is 28.9 Å². The summed E-state index contributed by atoms with van der Waals surface area (Å²) < 4.78 is 0.942. The van der Waals surface area contributed by atoms with E-state index < -0.39 is 5.91 Å². The van der Waals surface area contributed by atoms with Crippen LogP contribution in [0, 0.1) is 0 Å². The van der Waals surface area contributed by atoms with E-state index in [2.05, 4.69) is 15.5 Å². The number of nitrogens with zero attached hydrogens (tertiary/aromatic N) is 2. The number of para-hydroxylation sites is 1. The summed E-state index contributed by atoms with van der Waals surface area (Å²) in [5.74, 6) is -0.685. The van der Waals surface area contributed by atoms with E-state index in [9.17, 15) is 4.79 Å². The molecule has 0 atom stereocenters. The molecular weight excluding hydrogens is 355 g/mol. The number of hydrogen-bond donors (Lipinski definition) is 2. The van der Waals surface area contributed by atoms with E-state index in [-0.39, 0.29) is 5.71 Å². The number of halogens is 2. The molecule has 1 heterocycles. The largest absolute Gasteiger partial charge is 0.364 e. The van der Waals surface area contributed by atoms with Gasteiger partial charge in [0.05, 0.1) is 20.9 Å². The molecule has 0 unspecified atom stereocenters. The average Bonchev–Trinajstić information content (AvgIpc) is 2.94. The zero-order chi connectivity index (χ0) is 16.4. The first-order valence-corrected chi connectivity index (χ1v) is 8.06. The number of nitrogens with two attached hydrogens (primary N) is 1. The van der Waals surface area contributed by atoms with Gasteiger partial charge in [0.15, 0.2) is 10.7 Å². The Bertz CT molecular complexity index is 890. The van der Waals surface area contributed by atoms with E-state index in [1.807, 2.05) is 24.3 Å². The van der Waals surface area contributed by atoms with Gasteiger partial charge in [-0.15, -0.1) is 11.3 Å². The molecule has 23 heavy (non-hydrogen) atoms. The highest BCUT2D eigenvalue weighted by Gasteiger charge is 2.16. The molecule has 0 aliphatic carbocycles. The number of benzene rings is 2. The van der Waals surface area contributed by atoms with Gasteiger partial charge in [0, 0.05) is 5.02 Å². The number of fused-ring (bicyclic) bond motifs is 1. The van der Waals surface area contributed by atoms with Crippen LogP contribution in [0.25, 0.3) is 10.2 Å². The lowest BCUT2D eigenvalue weighted by Gasteiger charge is -2.05. The molecule has 8 heteroatoms. The number of carbonyl (C=O) groups excluding carboxylic acids is 1. The van der Waals surface area contributed by atoms with Gasteiger partial charge in [0.1, 0.15) is 0 Å². The van der Waals surface area contributed by atoms with Gasteiger partial charge in [-0.05, 0) is 30.3 Å². The molecule has 0 radical (unpaired) electrons. The molecule has 0 fully saturated rings. The number of nitrogens with one attached hydrogen (secondary N) is 1. The number of hydrogen-bond acceptors (Lipinski definition) is 5. The van der Waals surface area contributed by atoms with Crippen LogP contribution in [0.1, 0.15) is 5.01 Å². The minimum atomic E-state index is -0.685. The van der Waals surface area contributed by atoms with Crippen LogP contribution in [0.15, 0.2) is 47.6 Å². The molecule has 116 valence electrons. The van der Waals surface area contributed by atoms with Crippen molar-refractivity contribution in [3.63, 3.8) is 0 Å². The molecular formula is C15H10Cl2N4OS. The lowest BCUT2D eigenvalue weighted by Crippen LogP contribution is -2.25. The van der Waals surface area contributed by atoms with Gasteiger partial charge in [-0.1, -0.05) is 35.3 Å². The monoisotopic (exact) mass is 364 g/mol. The Morgan fingerprint density at radius 2 is 2.00 bits per heavy atom. The minimum absolute atomic E-state index is 0.0299. The summed E-state index contributed by atoms with van der Waals surface area (Å²) in [6, 6.07) is 12.4. The number of thiazole rings is 1. The summed E-state index contributed by atoms with van der Waals surface area (Å²) in [7, 11) is 0. The van der Waals surface area contributed by atoms with Crippen molar-refractivity contribution in [2.45, 2.75) is 0 Å². The van der Waals surface area contributed by atoms with Crippen LogP contribution in [-0.4, -0.2) is 16.6 Å². The zero-order valence-electron chi connectivity index (χ0n) is 11.6. The quantitative estimate of drug-likeness (QED) is 0.544. The van der Waals surface area contributed by atoms with Crippen molar-refractivity contribution in [2.24, 2.45) is 10.8 Å². The molecule has 0 aliphatic rings. The van der Waals surface area contributed by atoms with Gasteiger partial charge in [0.2, 0.25) is 0 Å². The summed E-state index contributed by atoms with van der Waals surface area (Å²) in [4.78, 5) is 16.1. The second-order valence-electron chi connectivity index (χ2n) is 4.55. The third-order valence-corrected chi connectivity index (χ3v) is 4.55. The minimum Gasteiger partial charge on any atom is -0.364 e. The molecule has 5 nitrogen and oxygen atoms in total. The summed E-state index contributed by atoms with van der Waals surface area (Å²) in [5.41, 5.74) is 9.42. The molecule has 0 saturated heterocycles. The first kappa shape index (κ1) is 15.7. The van der Waals surface area contributed by atoms with Crippen molar-refractivity contribution in [3.05, 3.63) is 57.5 Å². The van der Waals surface area contributed by atoms with Gasteiger partial charge in [-0.3, -0.25) is 10.2 Å². The fourth-order valence-corrected chi connectivity index (χ4v) is 3.17. The van der Waals surface area contributed by atoms with E-state index in [0.29, 0.717) is 20.7 Å². The van der Waals surface area contributed by atoms with Crippen molar-refractivity contribution < 1.29 is 4.79 Å². The third kappa shape index (κ3) is 3.44. The summed E-state index contributed by atoms with van der Waals surface area (Å²) >= 11 is 13.3. The summed E-state index contributed by atoms with van der Waals surface area (Å²) in [6.07, 6.45) is 0. The predicted molar refractivity (Wildman–Crippen MR) is 95.4 cm³/mol. The number of aromatic nitrogens is 1. The lowest BCUT2D eigenvalue weighted by atomic mass is 10.3. The van der Waals surface area contributed by atoms with Gasteiger partial charge in [-0.25, -0.2) is 4.98 Å². The van der Waals surface area contributed by atoms with Gasteiger partial charge in [0.25, 0.3) is 5.91 Å². The predicted octanol–water partition coefficient (Wildman–Crippen LogP) is 3.90. The average molecular weight is 365 g/mol. The highest BCUT2D eigenvalue weighted by molar-refractivity contribution is 7.21. The van der Waals surface area contributed by atoms with Gasteiger partial charge < -0.3 is 5.73 Å². The number of rotatable bonds is 4. The second-order valence-corrected chi connectivity index (χ2v) is 6.42. The number of anilines is 1. The fraction of sp³-hybridized carbons (Fsp3) is 0. The maximum absolute atomic E-state index is 11.7. The molecule has 1 amide bonds. The Labute approximate surface area is 145 Å². The Morgan fingerprint density at radius 3 is 2.74 bits per heavy atom. The zero-order valence-corrected chi connectivity index (χ0v) is 13.9. The van der Waals surface area contributed by atoms with Crippen molar-refractivity contribution >= 4 is 62.1 Å².